The fourth-order valence-electron chi connectivity index (χ4n) is 2.59. The predicted octanol–water partition coefficient (Wildman–Crippen LogP) is 4.89. The van der Waals surface area contributed by atoms with Crippen molar-refractivity contribution in [1.29, 1.82) is 0 Å². The van der Waals surface area contributed by atoms with Crippen molar-refractivity contribution in [2.24, 2.45) is 0 Å². The summed E-state index contributed by atoms with van der Waals surface area (Å²) in [7, 11) is 0. The average molecular weight is 518 g/mol. The van der Waals surface area contributed by atoms with Crippen LogP contribution in [0, 0.1) is 0 Å². The number of aromatic carboxylic acids is 1. The van der Waals surface area contributed by atoms with Crippen LogP contribution in [0.4, 0.5) is 10.5 Å². The van der Waals surface area contributed by atoms with Crippen molar-refractivity contribution in [2.75, 3.05) is 5.32 Å². The normalized spacial score (nSPS) is 10.8. The lowest BCUT2D eigenvalue weighted by atomic mass is 10.2. The van der Waals surface area contributed by atoms with Gasteiger partial charge in [0.05, 0.1) is 30.0 Å². The van der Waals surface area contributed by atoms with Gasteiger partial charge in [0.25, 0.3) is 0 Å². The third kappa shape index (κ3) is 7.26. The highest BCUT2D eigenvalue weighted by molar-refractivity contribution is 6.32. The summed E-state index contributed by atoms with van der Waals surface area (Å²) in [5, 5.41) is 19.4. The van der Waals surface area contributed by atoms with Crippen LogP contribution in [0.3, 0.4) is 0 Å². The molecule has 0 spiro atoms. The number of carbonyl (C=O) groups is 2. The summed E-state index contributed by atoms with van der Waals surface area (Å²) in [6.07, 6.45) is 8.85. The Hall–Kier alpha value is -3.96. The number of hydrogen-bond acceptors (Lipinski definition) is 7. The van der Waals surface area contributed by atoms with Gasteiger partial charge in [0.1, 0.15) is 16.9 Å². The van der Waals surface area contributed by atoms with Crippen LogP contribution >= 0.6 is 23.2 Å². The summed E-state index contributed by atoms with van der Waals surface area (Å²) in [6.45, 7) is 5.35. The van der Waals surface area contributed by atoms with Crippen LogP contribution in [-0.2, 0) is 4.74 Å². The highest BCUT2D eigenvalue weighted by atomic mass is 35.5. The molecule has 2 N–H and O–H groups in total. The lowest BCUT2D eigenvalue weighted by molar-refractivity contribution is 0.0634. The van der Waals surface area contributed by atoms with E-state index in [0.29, 0.717) is 11.4 Å². The van der Waals surface area contributed by atoms with E-state index in [-0.39, 0.29) is 15.9 Å². The number of carbonyl (C=O) groups excluding carboxylic acids is 1. The molecule has 0 atom stereocenters. The smallest absolute Gasteiger partial charge is 0.412 e. The van der Waals surface area contributed by atoms with E-state index in [1.54, 1.807) is 70.0 Å². The first-order valence-electron chi connectivity index (χ1n) is 10.1. The van der Waals surface area contributed by atoms with Gasteiger partial charge in [-0.3, -0.25) is 15.3 Å². The second-order valence-corrected chi connectivity index (χ2v) is 8.63. The van der Waals surface area contributed by atoms with Crippen molar-refractivity contribution in [3.8, 4) is 11.4 Å². The maximum Gasteiger partial charge on any atom is 0.412 e. The van der Waals surface area contributed by atoms with E-state index in [1.165, 1.54) is 15.6 Å². The fourth-order valence-corrected chi connectivity index (χ4v) is 2.98. The second-order valence-electron chi connectivity index (χ2n) is 7.91. The van der Waals surface area contributed by atoms with E-state index in [4.69, 9.17) is 33.0 Å². The van der Waals surface area contributed by atoms with E-state index in [1.807, 2.05) is 6.07 Å². The zero-order valence-electron chi connectivity index (χ0n) is 18.9. The van der Waals surface area contributed by atoms with Crippen LogP contribution in [0.2, 0.25) is 10.3 Å². The standard InChI is InChI=1S/C13H15ClN4O2.C9H6ClN3O2/c1-13(2,3)20-12(19)16-10-8-18(17-11(10)14)9-5-4-6-15-7-9;10-8-7(9(14)15)5-13(12-8)6-2-1-3-11-4-6/h4-8H,1-3H3,(H,16,19);1-5H,(H,14,15). The van der Waals surface area contributed by atoms with Crippen molar-refractivity contribution in [1.82, 2.24) is 29.5 Å². The van der Waals surface area contributed by atoms with Gasteiger partial charge >= 0.3 is 12.1 Å². The molecule has 0 aliphatic rings. The molecular weight excluding hydrogens is 497 g/mol. The maximum absolute atomic E-state index is 11.7. The number of carboxylic acids is 1. The van der Waals surface area contributed by atoms with Gasteiger partial charge in [-0.15, -0.1) is 0 Å². The molecule has 4 heterocycles. The number of hydrogen-bond donors (Lipinski definition) is 2. The SMILES string of the molecule is CC(C)(C)OC(=O)Nc1cn(-c2cccnc2)nc1Cl.O=C(O)c1cn(-c2cccnc2)nc1Cl. The van der Waals surface area contributed by atoms with E-state index in [2.05, 4.69) is 25.5 Å². The maximum atomic E-state index is 11.7. The van der Waals surface area contributed by atoms with Crippen LogP contribution in [0.5, 0.6) is 0 Å². The molecule has 13 heteroatoms. The lowest BCUT2D eigenvalue weighted by Gasteiger charge is -2.19. The van der Waals surface area contributed by atoms with Crippen LogP contribution in [0.25, 0.3) is 11.4 Å². The molecule has 11 nitrogen and oxygen atoms in total. The molecule has 0 aliphatic heterocycles. The Morgan fingerprint density at radius 1 is 0.943 bits per heavy atom. The number of pyridine rings is 2. The number of aromatic nitrogens is 6. The summed E-state index contributed by atoms with van der Waals surface area (Å²) in [4.78, 5) is 30.3. The Morgan fingerprint density at radius 2 is 1.49 bits per heavy atom. The topological polar surface area (TPSA) is 137 Å². The van der Waals surface area contributed by atoms with Gasteiger partial charge in [-0.2, -0.15) is 10.2 Å². The zero-order valence-corrected chi connectivity index (χ0v) is 20.4. The molecule has 0 aromatic carbocycles. The van der Waals surface area contributed by atoms with Gasteiger partial charge in [0.15, 0.2) is 10.3 Å². The van der Waals surface area contributed by atoms with Gasteiger partial charge in [0, 0.05) is 18.6 Å². The molecule has 0 radical (unpaired) electrons. The van der Waals surface area contributed by atoms with Crippen LogP contribution in [0.15, 0.2) is 61.4 Å². The van der Waals surface area contributed by atoms with E-state index in [9.17, 15) is 9.59 Å². The molecule has 182 valence electrons. The molecule has 0 aliphatic carbocycles. The molecule has 35 heavy (non-hydrogen) atoms. The van der Waals surface area contributed by atoms with Gasteiger partial charge < -0.3 is 9.84 Å². The number of nitrogens with zero attached hydrogens (tertiary/aromatic N) is 6. The Labute approximate surface area is 210 Å². The highest BCUT2D eigenvalue weighted by Gasteiger charge is 2.18. The van der Waals surface area contributed by atoms with Gasteiger partial charge in [-0.1, -0.05) is 23.2 Å². The predicted molar refractivity (Wildman–Crippen MR) is 130 cm³/mol. The molecule has 1 amide bonds. The molecule has 4 aromatic rings. The number of nitrogens with one attached hydrogen (secondary N) is 1. The summed E-state index contributed by atoms with van der Waals surface area (Å²) in [6, 6.07) is 7.09. The van der Waals surface area contributed by atoms with Crippen molar-refractivity contribution >= 4 is 41.0 Å². The number of rotatable bonds is 4. The average Bonchev–Trinajstić information content (AvgIpc) is 3.37. The van der Waals surface area contributed by atoms with Crippen molar-refractivity contribution in [3.05, 3.63) is 77.3 Å². The fraction of sp³-hybridized carbons (Fsp3) is 0.182. The third-order valence-electron chi connectivity index (χ3n) is 4.03. The number of halogens is 2. The molecule has 0 saturated heterocycles. The summed E-state index contributed by atoms with van der Waals surface area (Å²) >= 11 is 11.6. The molecule has 0 bridgehead atoms. The Morgan fingerprint density at radius 3 is 1.94 bits per heavy atom. The minimum atomic E-state index is -1.10. The molecule has 0 saturated carbocycles. The van der Waals surface area contributed by atoms with Crippen LogP contribution in [-0.4, -0.2) is 52.3 Å². The zero-order chi connectivity index (χ0) is 25.6. The number of anilines is 1. The second kappa shape index (κ2) is 11.0. The summed E-state index contributed by atoms with van der Waals surface area (Å²) < 4.78 is 8.06. The van der Waals surface area contributed by atoms with Gasteiger partial charge in [0.2, 0.25) is 0 Å². The number of carboxylic acid groups (broad SMARTS) is 1. The first kappa shape index (κ1) is 25.7. The minimum Gasteiger partial charge on any atom is -0.478 e. The van der Waals surface area contributed by atoms with Gasteiger partial charge in [-0.05, 0) is 45.0 Å². The molecule has 0 fully saturated rings. The van der Waals surface area contributed by atoms with E-state index >= 15 is 0 Å². The van der Waals surface area contributed by atoms with Crippen molar-refractivity contribution in [3.63, 3.8) is 0 Å². The monoisotopic (exact) mass is 517 g/mol. The Bertz CT molecular complexity index is 1300. The Kier molecular flexibility index (Phi) is 8.05. The van der Waals surface area contributed by atoms with Crippen LogP contribution < -0.4 is 5.32 Å². The molecule has 0 unspecified atom stereocenters. The van der Waals surface area contributed by atoms with Crippen LogP contribution in [0.1, 0.15) is 31.1 Å². The first-order chi connectivity index (χ1) is 16.5. The van der Waals surface area contributed by atoms with Crippen molar-refractivity contribution < 1.29 is 19.4 Å². The molecular formula is C22H21Cl2N7O4. The highest BCUT2D eigenvalue weighted by Crippen LogP contribution is 2.22. The summed E-state index contributed by atoms with van der Waals surface area (Å²) in [5.41, 5.74) is 1.18. The lowest BCUT2D eigenvalue weighted by Crippen LogP contribution is -2.27. The summed E-state index contributed by atoms with van der Waals surface area (Å²) in [5.74, 6) is -1.10. The Balaban J connectivity index is 0.000000203. The van der Waals surface area contributed by atoms with E-state index < -0.39 is 17.7 Å². The van der Waals surface area contributed by atoms with Gasteiger partial charge in [-0.25, -0.2) is 19.0 Å². The largest absolute Gasteiger partial charge is 0.478 e. The quantitative estimate of drug-likeness (QED) is 0.390. The number of ether oxygens (including phenoxy) is 1. The molecule has 4 rings (SSSR count). The minimum absolute atomic E-state index is 0.0273. The van der Waals surface area contributed by atoms with Crippen molar-refractivity contribution in [2.45, 2.75) is 26.4 Å². The first-order valence-corrected chi connectivity index (χ1v) is 10.8. The molecule has 4 aromatic heterocycles. The third-order valence-corrected chi connectivity index (χ3v) is 4.58. The van der Waals surface area contributed by atoms with E-state index in [0.717, 1.165) is 5.69 Å². The number of amides is 1.